The third kappa shape index (κ3) is 7.10. The number of nitrogen functional groups attached to an aromatic ring is 1. The molecule has 2 aromatic rings. The normalized spacial score (nSPS) is 24.0. The molecule has 4 fully saturated rings. The number of likely N-dealkylation sites (tertiary alicyclic amines) is 2. The third-order valence-corrected chi connectivity index (χ3v) is 9.83. The van der Waals surface area contributed by atoms with E-state index < -0.39 is 17.3 Å². The molecule has 0 radical (unpaired) electrons. The van der Waals surface area contributed by atoms with Crippen molar-refractivity contribution in [1.29, 1.82) is 0 Å². The van der Waals surface area contributed by atoms with Gasteiger partial charge in [-0.2, -0.15) is 13.2 Å². The van der Waals surface area contributed by atoms with Crippen molar-refractivity contribution in [2.75, 3.05) is 52.1 Å². The van der Waals surface area contributed by atoms with Crippen LogP contribution in [0.3, 0.4) is 0 Å². The monoisotopic (exact) mass is 630 g/mol. The maximum atomic E-state index is 13.1. The number of anilines is 1. The highest BCUT2D eigenvalue weighted by atomic mass is 19.4. The molecule has 4 aliphatic rings. The van der Waals surface area contributed by atoms with E-state index in [0.717, 1.165) is 43.6 Å². The van der Waals surface area contributed by atoms with E-state index in [9.17, 15) is 22.8 Å². The minimum absolute atomic E-state index is 0.00178. The van der Waals surface area contributed by atoms with Gasteiger partial charge in [-0.15, -0.1) is 0 Å². The molecule has 1 spiro atoms. The molecule has 2 aromatic carbocycles. The van der Waals surface area contributed by atoms with Crippen LogP contribution in [0.2, 0.25) is 0 Å². The fraction of sp³-hybridized carbons (Fsp3) is 0.576. The molecule has 45 heavy (non-hydrogen) atoms. The fourth-order valence-corrected chi connectivity index (χ4v) is 7.10. The van der Waals surface area contributed by atoms with Gasteiger partial charge in [0.15, 0.2) is 0 Å². The highest BCUT2D eigenvalue weighted by molar-refractivity contribution is 5.80. The van der Waals surface area contributed by atoms with Crippen LogP contribution in [0, 0.1) is 11.8 Å². The molecule has 1 aliphatic carbocycles. The largest absolute Gasteiger partial charge is 0.496 e. The zero-order valence-corrected chi connectivity index (χ0v) is 25.6. The van der Waals surface area contributed by atoms with Crippen LogP contribution in [-0.4, -0.2) is 84.8 Å². The number of halogens is 3. The van der Waals surface area contributed by atoms with Gasteiger partial charge in [0.25, 0.3) is 0 Å². The molecule has 244 valence electrons. The molecule has 0 unspecified atom stereocenters. The van der Waals surface area contributed by atoms with E-state index >= 15 is 0 Å². The third-order valence-electron chi connectivity index (χ3n) is 9.83. The second-order valence-corrected chi connectivity index (χ2v) is 13.0. The summed E-state index contributed by atoms with van der Waals surface area (Å²) in [7, 11) is 1.38. The van der Waals surface area contributed by atoms with Crippen molar-refractivity contribution in [1.82, 2.24) is 14.7 Å². The number of benzene rings is 2. The van der Waals surface area contributed by atoms with Crippen molar-refractivity contribution in [2.24, 2.45) is 11.8 Å². The minimum atomic E-state index is -4.42. The van der Waals surface area contributed by atoms with Crippen molar-refractivity contribution >= 4 is 17.7 Å². The van der Waals surface area contributed by atoms with E-state index in [4.69, 9.17) is 19.9 Å². The smallest absolute Gasteiger partial charge is 0.416 e. The number of carbonyl (C=O) groups excluding carboxylic acids is 2. The van der Waals surface area contributed by atoms with Gasteiger partial charge in [-0.1, -0.05) is 6.07 Å². The fourth-order valence-electron chi connectivity index (χ4n) is 7.10. The van der Waals surface area contributed by atoms with Crippen LogP contribution in [0.5, 0.6) is 11.5 Å². The van der Waals surface area contributed by atoms with Crippen LogP contribution >= 0.6 is 0 Å². The van der Waals surface area contributed by atoms with E-state index in [2.05, 4.69) is 4.90 Å². The zero-order valence-electron chi connectivity index (χ0n) is 25.6. The molecule has 0 bridgehead atoms. The number of ether oxygens (including phenoxy) is 3. The van der Waals surface area contributed by atoms with Crippen molar-refractivity contribution in [3.63, 3.8) is 0 Å². The van der Waals surface area contributed by atoms with Gasteiger partial charge in [0.05, 0.1) is 32.3 Å². The number of methoxy groups -OCH3 is 1. The Balaban J connectivity index is 0.924. The molecule has 3 heterocycles. The molecule has 0 atom stereocenters. The maximum absolute atomic E-state index is 13.1. The Morgan fingerprint density at radius 1 is 1.04 bits per heavy atom. The summed E-state index contributed by atoms with van der Waals surface area (Å²) in [6.07, 6.45) is 0.0627. The number of hydrogen-bond acceptors (Lipinski definition) is 7. The second kappa shape index (κ2) is 12.6. The highest BCUT2D eigenvalue weighted by Crippen LogP contribution is 2.38. The molecule has 3 aliphatic heterocycles. The van der Waals surface area contributed by atoms with Gasteiger partial charge in [0.2, 0.25) is 5.91 Å². The van der Waals surface area contributed by atoms with Gasteiger partial charge in [0.1, 0.15) is 23.2 Å². The van der Waals surface area contributed by atoms with Crippen LogP contribution in [-0.2, 0) is 22.3 Å². The standard InChI is InChI=1S/C33H41F3N4O5/c1-43-29-16-25(33(34,35)36)7-6-24(29)18-38-14-12-32(13-15-38)21-40(31(42)45-32)17-22-2-4-23(5-3-22)30(41)39-19-28(20-39)44-27-10-8-26(37)9-11-27/h6-11,16,22-23,28H,2-5,12-15,17-21,37H2,1H3. The Morgan fingerprint density at radius 3 is 2.38 bits per heavy atom. The molecule has 12 heteroatoms. The lowest BCUT2D eigenvalue weighted by Gasteiger charge is -2.42. The van der Waals surface area contributed by atoms with E-state index in [1.54, 1.807) is 12.1 Å². The average molecular weight is 631 g/mol. The second-order valence-electron chi connectivity index (χ2n) is 13.0. The van der Waals surface area contributed by atoms with Crippen LogP contribution in [0.15, 0.2) is 42.5 Å². The topological polar surface area (TPSA) is 97.6 Å². The Hall–Kier alpha value is -3.67. The molecule has 0 aromatic heterocycles. The molecule has 6 rings (SSSR count). The number of alkyl halides is 3. The van der Waals surface area contributed by atoms with Crippen LogP contribution in [0.4, 0.5) is 23.7 Å². The number of nitrogens with zero attached hydrogens (tertiary/aromatic N) is 3. The van der Waals surface area contributed by atoms with Crippen molar-refractivity contribution in [3.05, 3.63) is 53.6 Å². The van der Waals surface area contributed by atoms with Crippen molar-refractivity contribution in [2.45, 2.75) is 63.0 Å². The number of rotatable bonds is 8. The van der Waals surface area contributed by atoms with E-state index in [1.165, 1.54) is 13.2 Å². The predicted octanol–water partition coefficient (Wildman–Crippen LogP) is 5.18. The number of hydrogen-bond donors (Lipinski definition) is 1. The molecular formula is C33H41F3N4O5. The average Bonchev–Trinajstić information content (AvgIpc) is 3.30. The maximum Gasteiger partial charge on any atom is 0.416 e. The molecule has 3 saturated heterocycles. The lowest BCUT2D eigenvalue weighted by molar-refractivity contribution is -0.146. The van der Waals surface area contributed by atoms with Gasteiger partial charge in [-0.05, 0) is 68.0 Å². The van der Waals surface area contributed by atoms with Gasteiger partial charge in [-0.3, -0.25) is 9.69 Å². The number of carbonyl (C=O) groups is 2. The van der Waals surface area contributed by atoms with E-state index in [1.807, 2.05) is 21.9 Å². The predicted molar refractivity (Wildman–Crippen MR) is 161 cm³/mol. The summed E-state index contributed by atoms with van der Waals surface area (Å²) in [6, 6.07) is 10.9. The van der Waals surface area contributed by atoms with Gasteiger partial charge in [0, 0.05) is 56.2 Å². The van der Waals surface area contributed by atoms with Crippen molar-refractivity contribution < 1.29 is 37.0 Å². The number of nitrogens with two attached hydrogens (primary N) is 1. The summed E-state index contributed by atoms with van der Waals surface area (Å²) >= 11 is 0. The first-order chi connectivity index (χ1) is 21.5. The SMILES string of the molecule is COc1cc(C(F)(F)F)ccc1CN1CCC2(CC1)CN(CC1CCC(C(=O)N3CC(Oc4ccc(N)cc4)C3)CC1)C(=O)O2. The Bertz CT molecular complexity index is 1370. The van der Waals surface area contributed by atoms with E-state index in [0.29, 0.717) is 75.8 Å². The molecular weight excluding hydrogens is 589 g/mol. The summed E-state index contributed by atoms with van der Waals surface area (Å²) in [5, 5.41) is 0. The van der Waals surface area contributed by atoms with Crippen LogP contribution in [0.25, 0.3) is 0 Å². The minimum Gasteiger partial charge on any atom is -0.496 e. The Labute approximate surface area is 261 Å². The number of amides is 2. The Kier molecular flexibility index (Phi) is 8.78. The first kappa shape index (κ1) is 31.3. The van der Waals surface area contributed by atoms with Gasteiger partial charge >= 0.3 is 12.3 Å². The zero-order chi connectivity index (χ0) is 31.8. The Morgan fingerprint density at radius 2 is 1.73 bits per heavy atom. The summed E-state index contributed by atoms with van der Waals surface area (Å²) < 4.78 is 56.5. The quantitative estimate of drug-likeness (QED) is 0.402. The van der Waals surface area contributed by atoms with Crippen molar-refractivity contribution in [3.8, 4) is 11.5 Å². The summed E-state index contributed by atoms with van der Waals surface area (Å²) in [5.41, 5.74) is 5.84. The lowest BCUT2D eigenvalue weighted by Crippen LogP contribution is -2.57. The molecule has 1 saturated carbocycles. The first-order valence-corrected chi connectivity index (χ1v) is 15.8. The summed E-state index contributed by atoms with van der Waals surface area (Å²) in [4.78, 5) is 31.8. The van der Waals surface area contributed by atoms with Gasteiger partial charge in [-0.25, -0.2) is 4.79 Å². The summed E-state index contributed by atoms with van der Waals surface area (Å²) in [6.45, 7) is 4.17. The molecule has 2 amide bonds. The van der Waals surface area contributed by atoms with E-state index in [-0.39, 0.29) is 29.8 Å². The summed E-state index contributed by atoms with van der Waals surface area (Å²) in [5.74, 6) is 1.53. The first-order valence-electron chi connectivity index (χ1n) is 15.8. The van der Waals surface area contributed by atoms with Crippen LogP contribution in [0.1, 0.15) is 49.7 Å². The number of piperidine rings is 1. The lowest BCUT2D eigenvalue weighted by atomic mass is 9.80. The van der Waals surface area contributed by atoms with Crippen LogP contribution < -0.4 is 15.2 Å². The molecule has 2 N–H and O–H groups in total. The molecule has 9 nitrogen and oxygen atoms in total. The van der Waals surface area contributed by atoms with Gasteiger partial charge < -0.3 is 29.7 Å². The highest BCUT2D eigenvalue weighted by Gasteiger charge is 2.48.